The Labute approximate surface area is 138 Å². The van der Waals surface area contributed by atoms with Crippen LogP contribution in [0.1, 0.15) is 36.0 Å². The molecule has 1 aromatic rings. The molecule has 0 bridgehead atoms. The van der Waals surface area contributed by atoms with Gasteiger partial charge in [-0.2, -0.15) is 0 Å². The highest BCUT2D eigenvalue weighted by atomic mass is 79.9. The maximum atomic E-state index is 12.5. The first-order valence-corrected chi connectivity index (χ1v) is 8.53. The number of fused-ring (bicyclic) bond motifs is 1. The number of hydrogen-bond donors (Lipinski definition) is 0. The molecule has 3 aliphatic rings. The first-order valence-electron chi connectivity index (χ1n) is 7.74. The van der Waals surface area contributed by atoms with Crippen LogP contribution in [0.25, 0.3) is 0 Å². The number of Topliss-reactive ketones (excluding diaryl/α,β-unsaturated/α-hetero) is 1. The molecule has 1 aliphatic carbocycles. The highest BCUT2D eigenvalue weighted by molar-refractivity contribution is 9.10. The summed E-state index contributed by atoms with van der Waals surface area (Å²) in [5.74, 6) is 2.22. The van der Waals surface area contributed by atoms with Crippen LogP contribution in [-0.4, -0.2) is 18.5 Å². The number of carbonyl (C=O) groups is 1. The van der Waals surface area contributed by atoms with Gasteiger partial charge in [0.15, 0.2) is 5.78 Å². The van der Waals surface area contributed by atoms with E-state index < -0.39 is 0 Å². The van der Waals surface area contributed by atoms with E-state index in [9.17, 15) is 4.79 Å². The summed E-state index contributed by atoms with van der Waals surface area (Å²) < 4.78 is 12.9. The van der Waals surface area contributed by atoms with Crippen molar-refractivity contribution in [3.63, 3.8) is 0 Å². The summed E-state index contributed by atoms with van der Waals surface area (Å²) in [5, 5.41) is 0. The lowest BCUT2D eigenvalue weighted by atomic mass is 9.81. The zero-order valence-electron chi connectivity index (χ0n) is 12.2. The molecule has 2 heterocycles. The molecule has 114 valence electrons. The summed E-state index contributed by atoms with van der Waals surface area (Å²) in [6, 6.07) is 5.65. The van der Waals surface area contributed by atoms with Gasteiger partial charge in [-0.3, -0.25) is 4.79 Å². The molecule has 1 aromatic carbocycles. The number of ether oxygens (including phenoxy) is 2. The van der Waals surface area contributed by atoms with Crippen molar-refractivity contribution >= 4 is 21.7 Å². The molecule has 0 radical (unpaired) electrons. The third kappa shape index (κ3) is 2.39. The van der Waals surface area contributed by atoms with Gasteiger partial charge in [-0.05, 0) is 36.6 Å². The molecule has 0 saturated heterocycles. The molecule has 4 rings (SSSR count). The van der Waals surface area contributed by atoms with Gasteiger partial charge in [0.1, 0.15) is 11.9 Å². The molecule has 2 atom stereocenters. The minimum atomic E-state index is -0.0853. The molecule has 22 heavy (non-hydrogen) atoms. The van der Waals surface area contributed by atoms with Crippen LogP contribution in [0.3, 0.4) is 0 Å². The van der Waals surface area contributed by atoms with Crippen LogP contribution < -0.4 is 4.74 Å². The van der Waals surface area contributed by atoms with Gasteiger partial charge in [0, 0.05) is 23.2 Å². The molecule has 4 heteroatoms. The fourth-order valence-corrected chi connectivity index (χ4v) is 3.90. The van der Waals surface area contributed by atoms with Gasteiger partial charge in [-0.1, -0.05) is 28.1 Å². The molecule has 0 fully saturated rings. The van der Waals surface area contributed by atoms with Crippen LogP contribution in [0.4, 0.5) is 0 Å². The van der Waals surface area contributed by atoms with Crippen LogP contribution in [-0.2, 0) is 4.74 Å². The second-order valence-electron chi connectivity index (χ2n) is 5.99. The smallest absolute Gasteiger partial charge is 0.170 e. The molecular formula is C18H17BrO3. The third-order valence-corrected chi connectivity index (χ3v) is 5.11. The van der Waals surface area contributed by atoms with Gasteiger partial charge < -0.3 is 9.47 Å². The summed E-state index contributed by atoms with van der Waals surface area (Å²) in [6.45, 7) is 0.721. The SMILES string of the molecule is O=C1CC(C2CCOC3=C2C=CCC3)Oc2ccc(Br)cc21. The number of benzene rings is 1. The van der Waals surface area contributed by atoms with E-state index in [4.69, 9.17) is 9.47 Å². The van der Waals surface area contributed by atoms with Gasteiger partial charge in [0.05, 0.1) is 17.9 Å². The maximum absolute atomic E-state index is 12.5. The van der Waals surface area contributed by atoms with Gasteiger partial charge in [-0.25, -0.2) is 0 Å². The van der Waals surface area contributed by atoms with Crippen molar-refractivity contribution in [2.75, 3.05) is 6.61 Å². The second-order valence-corrected chi connectivity index (χ2v) is 6.90. The Morgan fingerprint density at radius 2 is 2.18 bits per heavy atom. The van der Waals surface area contributed by atoms with Crippen molar-refractivity contribution < 1.29 is 14.3 Å². The van der Waals surface area contributed by atoms with E-state index in [0.717, 1.165) is 36.1 Å². The van der Waals surface area contributed by atoms with Gasteiger partial charge >= 0.3 is 0 Å². The Morgan fingerprint density at radius 3 is 3.09 bits per heavy atom. The van der Waals surface area contributed by atoms with E-state index in [-0.39, 0.29) is 17.8 Å². The Balaban J connectivity index is 1.66. The summed E-state index contributed by atoms with van der Waals surface area (Å²) in [5.41, 5.74) is 1.92. The summed E-state index contributed by atoms with van der Waals surface area (Å²) >= 11 is 3.41. The van der Waals surface area contributed by atoms with Crippen molar-refractivity contribution in [2.24, 2.45) is 5.92 Å². The molecule has 0 spiro atoms. The third-order valence-electron chi connectivity index (χ3n) is 4.62. The molecule has 2 aliphatic heterocycles. The highest BCUT2D eigenvalue weighted by Crippen LogP contribution is 2.40. The normalized spacial score (nSPS) is 26.9. The van der Waals surface area contributed by atoms with E-state index in [1.807, 2.05) is 18.2 Å². The van der Waals surface area contributed by atoms with Crippen molar-refractivity contribution in [2.45, 2.75) is 31.8 Å². The lowest BCUT2D eigenvalue weighted by Gasteiger charge is -2.36. The van der Waals surface area contributed by atoms with Crippen LogP contribution >= 0.6 is 15.9 Å². The van der Waals surface area contributed by atoms with Crippen LogP contribution in [0.5, 0.6) is 5.75 Å². The predicted molar refractivity (Wildman–Crippen MR) is 87.0 cm³/mol. The number of halogens is 1. The van der Waals surface area contributed by atoms with E-state index in [2.05, 4.69) is 28.1 Å². The lowest BCUT2D eigenvalue weighted by molar-refractivity contribution is 0.0633. The number of carbonyl (C=O) groups excluding carboxylic acids is 1. The first-order chi connectivity index (χ1) is 10.7. The van der Waals surface area contributed by atoms with Crippen LogP contribution in [0.2, 0.25) is 0 Å². The zero-order chi connectivity index (χ0) is 15.1. The lowest BCUT2D eigenvalue weighted by Crippen LogP contribution is -2.37. The Morgan fingerprint density at radius 1 is 1.27 bits per heavy atom. The first kappa shape index (κ1) is 14.1. The molecular weight excluding hydrogens is 344 g/mol. The fraction of sp³-hybridized carbons (Fsp3) is 0.389. The van der Waals surface area contributed by atoms with Crippen molar-refractivity contribution in [1.82, 2.24) is 0 Å². The zero-order valence-corrected chi connectivity index (χ0v) is 13.8. The Bertz CT molecular complexity index is 690. The van der Waals surface area contributed by atoms with Crippen LogP contribution in [0, 0.1) is 5.92 Å². The topological polar surface area (TPSA) is 35.5 Å². The standard InChI is InChI=1S/C18H17BrO3/c19-11-5-6-17-14(9-11)15(20)10-18(22-17)13-7-8-21-16-4-2-1-3-12(13)16/h1,3,5-6,9,13,18H,2,4,7-8,10H2. The number of ketones is 1. The van der Waals surface area contributed by atoms with Crippen molar-refractivity contribution in [3.05, 3.63) is 51.7 Å². The van der Waals surface area contributed by atoms with Gasteiger partial charge in [0.25, 0.3) is 0 Å². The Hall–Kier alpha value is -1.55. The molecule has 0 N–H and O–H groups in total. The van der Waals surface area contributed by atoms with E-state index in [1.54, 1.807) is 0 Å². The van der Waals surface area contributed by atoms with E-state index in [1.165, 1.54) is 5.57 Å². The second kappa shape index (κ2) is 5.58. The van der Waals surface area contributed by atoms with Crippen molar-refractivity contribution in [3.8, 4) is 5.75 Å². The summed E-state index contributed by atoms with van der Waals surface area (Å²) in [4.78, 5) is 12.5. The summed E-state index contributed by atoms with van der Waals surface area (Å²) in [6.07, 6.45) is 7.62. The van der Waals surface area contributed by atoms with E-state index in [0.29, 0.717) is 17.7 Å². The number of hydrogen-bond acceptors (Lipinski definition) is 3. The molecule has 0 aromatic heterocycles. The number of allylic oxidation sites excluding steroid dienone is 3. The average Bonchev–Trinajstić information content (AvgIpc) is 2.55. The number of rotatable bonds is 1. The molecule has 0 saturated carbocycles. The fourth-order valence-electron chi connectivity index (χ4n) is 3.54. The van der Waals surface area contributed by atoms with E-state index >= 15 is 0 Å². The maximum Gasteiger partial charge on any atom is 0.170 e. The monoisotopic (exact) mass is 360 g/mol. The molecule has 3 nitrogen and oxygen atoms in total. The minimum Gasteiger partial charge on any atom is -0.498 e. The van der Waals surface area contributed by atoms with Crippen molar-refractivity contribution in [1.29, 1.82) is 0 Å². The molecule has 2 unspecified atom stereocenters. The highest BCUT2D eigenvalue weighted by Gasteiger charge is 2.37. The molecule has 0 amide bonds. The largest absolute Gasteiger partial charge is 0.498 e. The quantitative estimate of drug-likeness (QED) is 0.743. The van der Waals surface area contributed by atoms with Gasteiger partial charge in [-0.15, -0.1) is 0 Å². The van der Waals surface area contributed by atoms with Gasteiger partial charge in [0.2, 0.25) is 0 Å². The minimum absolute atomic E-state index is 0.0853. The van der Waals surface area contributed by atoms with Crippen LogP contribution in [0.15, 0.2) is 46.2 Å². The average molecular weight is 361 g/mol. The summed E-state index contributed by atoms with van der Waals surface area (Å²) in [7, 11) is 0. The predicted octanol–water partition coefficient (Wildman–Crippen LogP) is 4.42. The Kier molecular flexibility index (Phi) is 3.57.